The Bertz CT molecular complexity index is 789. The summed E-state index contributed by atoms with van der Waals surface area (Å²) in [5.41, 5.74) is 1.30. The third kappa shape index (κ3) is 3.58. The molecule has 1 amide bonds. The number of amides is 1. The Morgan fingerprint density at radius 3 is 2.89 bits per heavy atom. The first-order valence-corrected chi connectivity index (χ1v) is 8.93. The fraction of sp³-hybridized carbons (Fsp3) is 0.588. The van der Waals surface area contributed by atoms with E-state index in [0.29, 0.717) is 30.8 Å². The molecule has 10 heteroatoms. The molecule has 2 aromatic rings. The van der Waals surface area contributed by atoms with Crippen molar-refractivity contribution >= 4 is 5.91 Å². The number of rotatable bonds is 3. The van der Waals surface area contributed by atoms with Crippen molar-refractivity contribution in [2.24, 2.45) is 5.92 Å². The quantitative estimate of drug-likeness (QED) is 0.758. The van der Waals surface area contributed by atoms with Crippen LogP contribution in [-0.4, -0.2) is 45.1 Å². The number of H-pyrrole nitrogens is 2. The molecule has 0 aromatic carbocycles. The van der Waals surface area contributed by atoms with Gasteiger partial charge in [0.15, 0.2) is 0 Å². The van der Waals surface area contributed by atoms with Crippen molar-refractivity contribution in [3.63, 3.8) is 0 Å². The van der Waals surface area contributed by atoms with Gasteiger partial charge in [0.2, 0.25) is 5.91 Å². The van der Waals surface area contributed by atoms with Gasteiger partial charge in [0.05, 0.1) is 23.7 Å². The van der Waals surface area contributed by atoms with E-state index >= 15 is 0 Å². The maximum Gasteiger partial charge on any atom is 0.395 e. The topological polar surface area (TPSA) is 95.7 Å². The zero-order chi connectivity index (χ0) is 19.0. The lowest BCUT2D eigenvalue weighted by molar-refractivity contribution is -0.156. The van der Waals surface area contributed by atoms with E-state index in [4.69, 9.17) is 4.74 Å². The van der Waals surface area contributed by atoms with E-state index in [-0.39, 0.29) is 17.9 Å². The predicted molar refractivity (Wildman–Crippen MR) is 87.6 cm³/mol. The van der Waals surface area contributed by atoms with Crippen LogP contribution in [0.1, 0.15) is 48.2 Å². The second kappa shape index (κ2) is 6.99. The number of nitrogens with zero attached hydrogens (tertiary/aromatic N) is 2. The van der Waals surface area contributed by atoms with Crippen LogP contribution in [0.15, 0.2) is 18.5 Å². The molecule has 2 aromatic heterocycles. The number of hydrogen-bond donors (Lipinski definition) is 3. The lowest BCUT2D eigenvalue weighted by Gasteiger charge is -2.34. The second-order valence-electron chi connectivity index (χ2n) is 7.10. The smallest absolute Gasteiger partial charge is 0.371 e. The molecule has 7 nitrogen and oxygen atoms in total. The predicted octanol–water partition coefficient (Wildman–Crippen LogP) is 2.38. The summed E-state index contributed by atoms with van der Waals surface area (Å²) in [5.74, 6) is -2.38. The van der Waals surface area contributed by atoms with Gasteiger partial charge in [-0.15, -0.1) is 0 Å². The van der Waals surface area contributed by atoms with Crippen molar-refractivity contribution in [3.8, 4) is 0 Å². The first kappa shape index (κ1) is 18.0. The fourth-order valence-corrected chi connectivity index (χ4v) is 4.04. The van der Waals surface area contributed by atoms with Crippen LogP contribution in [0, 0.1) is 5.92 Å². The number of carbonyl (C=O) groups is 1. The highest BCUT2D eigenvalue weighted by atomic mass is 19.4. The second-order valence-corrected chi connectivity index (χ2v) is 7.10. The van der Waals surface area contributed by atoms with Crippen LogP contribution >= 0.6 is 0 Å². The van der Waals surface area contributed by atoms with E-state index < -0.39 is 30.2 Å². The lowest BCUT2D eigenvalue weighted by atomic mass is 9.83. The molecule has 1 aliphatic carbocycles. The molecule has 3 heterocycles. The van der Waals surface area contributed by atoms with E-state index in [1.807, 2.05) is 0 Å². The Balaban J connectivity index is 1.49. The van der Waals surface area contributed by atoms with Crippen molar-refractivity contribution in [2.75, 3.05) is 6.61 Å². The monoisotopic (exact) mass is 383 g/mol. The number of aromatic nitrogens is 4. The standard InChI is InChI=1S/C17H20F3N5O2/c18-17(19,20)12-6-9(7-14-11(12)8-22-25-14)23-16(26)10-2-1-5-27-15(10)13-3-4-21-24-13/h3-4,8-10,12,15H,1-2,5-7H2,(H,21,24)(H,22,25)(H,23,26)/t9?,10-,12?,15-/m1/s1. The first-order chi connectivity index (χ1) is 12.9. The molecule has 146 valence electrons. The van der Waals surface area contributed by atoms with Gasteiger partial charge in [0.1, 0.15) is 6.10 Å². The molecule has 0 spiro atoms. The Kier molecular flexibility index (Phi) is 4.67. The van der Waals surface area contributed by atoms with Crippen LogP contribution in [0.2, 0.25) is 0 Å². The van der Waals surface area contributed by atoms with Crippen molar-refractivity contribution < 1.29 is 22.7 Å². The molecule has 0 radical (unpaired) electrons. The summed E-state index contributed by atoms with van der Waals surface area (Å²) in [6.07, 6.45) is -0.588. The minimum absolute atomic E-state index is 0.171. The van der Waals surface area contributed by atoms with Gasteiger partial charge in [-0.2, -0.15) is 23.4 Å². The SMILES string of the molecule is O=C(NC1Cc2[nH]ncc2C(C(F)(F)F)C1)[C@@H]1CCCO[C@H]1c1ccn[nH]1. The van der Waals surface area contributed by atoms with Gasteiger partial charge < -0.3 is 10.1 Å². The summed E-state index contributed by atoms with van der Waals surface area (Å²) in [6.45, 7) is 0.532. The highest BCUT2D eigenvalue weighted by Crippen LogP contribution is 2.42. The van der Waals surface area contributed by atoms with Crippen molar-refractivity contribution in [1.29, 1.82) is 0 Å². The Morgan fingerprint density at radius 2 is 2.15 bits per heavy atom. The molecule has 1 aliphatic heterocycles. The average Bonchev–Trinajstić information content (AvgIpc) is 3.31. The number of carbonyl (C=O) groups excluding carboxylic acids is 1. The van der Waals surface area contributed by atoms with E-state index in [1.54, 1.807) is 12.3 Å². The van der Waals surface area contributed by atoms with Gasteiger partial charge in [-0.3, -0.25) is 15.0 Å². The minimum Gasteiger partial charge on any atom is -0.371 e. The Hall–Kier alpha value is -2.36. The van der Waals surface area contributed by atoms with Crippen LogP contribution in [0.5, 0.6) is 0 Å². The minimum atomic E-state index is -4.38. The molecule has 0 saturated carbocycles. The molecule has 4 atom stereocenters. The number of hydrogen-bond acceptors (Lipinski definition) is 4. The van der Waals surface area contributed by atoms with Crippen molar-refractivity contribution in [1.82, 2.24) is 25.7 Å². The van der Waals surface area contributed by atoms with Crippen LogP contribution in [0.25, 0.3) is 0 Å². The van der Waals surface area contributed by atoms with Crippen LogP contribution in [0.4, 0.5) is 13.2 Å². The van der Waals surface area contributed by atoms with Gasteiger partial charge in [0.25, 0.3) is 0 Å². The number of fused-ring (bicyclic) bond motifs is 1. The molecule has 2 aliphatic rings. The summed E-state index contributed by atoms with van der Waals surface area (Å²) >= 11 is 0. The lowest BCUT2D eigenvalue weighted by Crippen LogP contribution is -2.46. The summed E-state index contributed by atoms with van der Waals surface area (Å²) in [7, 11) is 0. The third-order valence-electron chi connectivity index (χ3n) is 5.33. The molecule has 2 unspecified atom stereocenters. The van der Waals surface area contributed by atoms with E-state index in [9.17, 15) is 18.0 Å². The molecule has 3 N–H and O–H groups in total. The molecular weight excluding hydrogens is 363 g/mol. The summed E-state index contributed by atoms with van der Waals surface area (Å²) in [4.78, 5) is 12.8. The molecule has 1 fully saturated rings. The molecule has 4 rings (SSSR count). The van der Waals surface area contributed by atoms with Crippen molar-refractivity contribution in [2.45, 2.75) is 49.9 Å². The van der Waals surface area contributed by atoms with Crippen LogP contribution in [0.3, 0.4) is 0 Å². The number of aromatic amines is 2. The van der Waals surface area contributed by atoms with Gasteiger partial charge in [-0.25, -0.2) is 0 Å². The third-order valence-corrected chi connectivity index (χ3v) is 5.33. The summed E-state index contributed by atoms with van der Waals surface area (Å²) in [6, 6.07) is 1.13. The van der Waals surface area contributed by atoms with E-state index in [2.05, 4.69) is 25.7 Å². The molecule has 0 bridgehead atoms. The van der Waals surface area contributed by atoms with Crippen LogP contribution < -0.4 is 5.32 Å². The van der Waals surface area contributed by atoms with Gasteiger partial charge >= 0.3 is 6.18 Å². The van der Waals surface area contributed by atoms with Crippen molar-refractivity contribution in [3.05, 3.63) is 35.4 Å². The zero-order valence-corrected chi connectivity index (χ0v) is 14.4. The molecule has 1 saturated heterocycles. The Labute approximate surface area is 153 Å². The van der Waals surface area contributed by atoms with Gasteiger partial charge in [-0.1, -0.05) is 0 Å². The highest BCUT2D eigenvalue weighted by Gasteiger charge is 2.46. The number of ether oxygens (including phenoxy) is 1. The maximum absolute atomic E-state index is 13.4. The Morgan fingerprint density at radius 1 is 1.30 bits per heavy atom. The van der Waals surface area contributed by atoms with Gasteiger partial charge in [-0.05, 0) is 25.3 Å². The molecular formula is C17H20F3N5O2. The summed E-state index contributed by atoms with van der Waals surface area (Å²) in [5, 5.41) is 15.9. The normalized spacial score (nSPS) is 28.6. The number of halogens is 3. The largest absolute Gasteiger partial charge is 0.395 e. The maximum atomic E-state index is 13.4. The van der Waals surface area contributed by atoms with Gasteiger partial charge in [0, 0.05) is 36.5 Å². The summed E-state index contributed by atoms with van der Waals surface area (Å²) < 4.78 is 46.0. The number of nitrogens with one attached hydrogen (secondary N) is 3. The highest BCUT2D eigenvalue weighted by molar-refractivity contribution is 5.80. The van der Waals surface area contributed by atoms with Crippen LogP contribution in [-0.2, 0) is 16.0 Å². The molecule has 27 heavy (non-hydrogen) atoms. The first-order valence-electron chi connectivity index (χ1n) is 8.93. The average molecular weight is 383 g/mol. The van der Waals surface area contributed by atoms with E-state index in [1.165, 1.54) is 6.20 Å². The number of alkyl halides is 3. The zero-order valence-electron chi connectivity index (χ0n) is 14.4. The van der Waals surface area contributed by atoms with E-state index in [0.717, 1.165) is 6.42 Å². The fourth-order valence-electron chi connectivity index (χ4n) is 4.04.